The molecule has 1 aliphatic carbocycles. The van der Waals surface area contributed by atoms with Crippen LogP contribution in [0.15, 0.2) is 49.1 Å². The van der Waals surface area contributed by atoms with Crippen molar-refractivity contribution in [2.75, 3.05) is 7.05 Å². The number of nitrogens with zero attached hydrogens (tertiary/aromatic N) is 4. The lowest BCUT2D eigenvalue weighted by molar-refractivity contribution is -0.118. The molecule has 5 heteroatoms. The van der Waals surface area contributed by atoms with Gasteiger partial charge >= 0.3 is 6.41 Å². The third kappa shape index (κ3) is 3.65. The molecule has 5 nitrogen and oxygen atoms in total. The molecule has 0 saturated heterocycles. The van der Waals surface area contributed by atoms with Crippen LogP contribution in [0.25, 0.3) is 11.4 Å². The van der Waals surface area contributed by atoms with Crippen molar-refractivity contribution in [1.29, 1.82) is 0 Å². The van der Waals surface area contributed by atoms with Crippen molar-refractivity contribution in [1.82, 2.24) is 19.0 Å². The maximum Gasteiger partial charge on any atom is 0.306 e. The van der Waals surface area contributed by atoms with Gasteiger partial charge in [-0.05, 0) is 43.0 Å². The van der Waals surface area contributed by atoms with Crippen LogP contribution in [-0.2, 0) is 17.8 Å². The number of pyridine rings is 1. The van der Waals surface area contributed by atoms with Crippen molar-refractivity contribution in [3.8, 4) is 11.4 Å². The second-order valence-corrected chi connectivity index (χ2v) is 7.79. The third-order valence-electron chi connectivity index (χ3n) is 6.07. The van der Waals surface area contributed by atoms with E-state index in [4.69, 9.17) is 0 Å². The normalized spacial score (nSPS) is 17.7. The zero-order chi connectivity index (χ0) is 18.7. The largest absolute Gasteiger partial charge is 0.352 e. The summed E-state index contributed by atoms with van der Waals surface area (Å²) in [5.74, 6) is 0. The molecule has 0 spiro atoms. The number of aromatic nitrogens is 3. The number of hydrogen-bond donors (Lipinski definition) is 0. The molecular formula is C22H27N4O+. The average molecular weight is 363 g/mol. The second kappa shape index (κ2) is 7.61. The van der Waals surface area contributed by atoms with Crippen LogP contribution < -0.4 is 4.48 Å². The van der Waals surface area contributed by atoms with E-state index in [2.05, 4.69) is 52.0 Å². The van der Waals surface area contributed by atoms with E-state index in [-0.39, 0.29) is 0 Å². The van der Waals surface area contributed by atoms with Crippen molar-refractivity contribution in [3.63, 3.8) is 0 Å². The molecule has 0 bridgehead atoms. The van der Waals surface area contributed by atoms with Crippen LogP contribution in [0, 0.1) is 0 Å². The first-order valence-electron chi connectivity index (χ1n) is 9.87. The highest BCUT2D eigenvalue weighted by atomic mass is 16.1. The number of fused-ring (bicyclic) bond motifs is 1. The van der Waals surface area contributed by atoms with Gasteiger partial charge in [0.2, 0.25) is 0 Å². The van der Waals surface area contributed by atoms with Crippen molar-refractivity contribution < 1.29 is 4.79 Å². The lowest BCUT2D eigenvalue weighted by Gasteiger charge is -2.37. The first kappa shape index (κ1) is 17.9. The van der Waals surface area contributed by atoms with Crippen LogP contribution >= 0.6 is 0 Å². The maximum atomic E-state index is 12.0. The second-order valence-electron chi connectivity index (χ2n) is 7.79. The number of carbonyl (C=O) groups excluding carboxylic acids is 1. The van der Waals surface area contributed by atoms with Crippen LogP contribution in [0.3, 0.4) is 0 Å². The van der Waals surface area contributed by atoms with Gasteiger partial charge in [0.15, 0.2) is 0 Å². The van der Waals surface area contributed by atoms with E-state index in [1.54, 1.807) is 6.33 Å². The molecule has 1 unspecified atom stereocenters. The minimum Gasteiger partial charge on any atom is -0.352 e. The Kier molecular flexibility index (Phi) is 5.03. The number of aryl methyl sites for hydroxylation is 2. The number of hydrogen-bond acceptors (Lipinski definition) is 3. The van der Waals surface area contributed by atoms with Crippen LogP contribution in [-0.4, -0.2) is 34.0 Å². The molecule has 140 valence electrons. The molecule has 1 amide bonds. The van der Waals surface area contributed by atoms with Gasteiger partial charge in [0.25, 0.3) is 0 Å². The molecule has 2 aliphatic heterocycles. The smallest absolute Gasteiger partial charge is 0.306 e. The first-order valence-corrected chi connectivity index (χ1v) is 9.87. The molecular weight excluding hydrogens is 336 g/mol. The Bertz CT molecular complexity index is 866. The van der Waals surface area contributed by atoms with Gasteiger partial charge in [-0.25, -0.2) is 19.2 Å². The van der Waals surface area contributed by atoms with Crippen molar-refractivity contribution in [2.45, 2.75) is 51.1 Å². The quantitative estimate of drug-likeness (QED) is 0.490. The fourth-order valence-electron chi connectivity index (χ4n) is 4.24. The highest BCUT2D eigenvalue weighted by Gasteiger charge is 2.35. The minimum atomic E-state index is 0.404. The van der Waals surface area contributed by atoms with Crippen LogP contribution in [0.2, 0.25) is 0 Å². The Labute approximate surface area is 160 Å². The van der Waals surface area contributed by atoms with E-state index in [1.807, 2.05) is 12.3 Å². The van der Waals surface area contributed by atoms with Crippen molar-refractivity contribution in [3.05, 3.63) is 54.6 Å². The molecule has 1 aromatic carbocycles. The number of quaternary nitrogens is 1. The summed E-state index contributed by atoms with van der Waals surface area (Å²) < 4.78 is 2.56. The Hall–Kier alpha value is -2.53. The maximum absolute atomic E-state index is 12.0. The third-order valence-corrected chi connectivity index (χ3v) is 6.07. The molecule has 0 aromatic heterocycles. The van der Waals surface area contributed by atoms with E-state index < -0.39 is 0 Å². The molecule has 3 aliphatic rings. The highest BCUT2D eigenvalue weighted by molar-refractivity contribution is 5.69. The zero-order valence-electron chi connectivity index (χ0n) is 15.9. The molecule has 27 heavy (non-hydrogen) atoms. The first-order chi connectivity index (χ1) is 13.2. The summed E-state index contributed by atoms with van der Waals surface area (Å²) in [4.78, 5) is 20.4. The number of amides is 1. The molecule has 4 rings (SSSR count). The number of carbonyl (C=O) groups is 1. The summed E-state index contributed by atoms with van der Waals surface area (Å²) in [6.07, 6.45) is 13.8. The van der Waals surface area contributed by atoms with Gasteiger partial charge in [0.1, 0.15) is 23.8 Å². The number of imidazole rings is 1. The standard InChI is InChI=1S/C22H27N4O/c1-26(17-27,19-5-3-2-4-6-19)20-9-7-18(8-10-20)11-13-25-14-12-21-22(15-25)24-16-23-21/h7-10,12,14-17,19H,2-6,11,13H2,1H3/q+1. The van der Waals surface area contributed by atoms with Gasteiger partial charge in [0.05, 0.1) is 12.7 Å². The molecule has 0 N–H and O–H groups in total. The van der Waals surface area contributed by atoms with Crippen LogP contribution in [0.5, 0.6) is 0 Å². The van der Waals surface area contributed by atoms with Gasteiger partial charge in [-0.15, -0.1) is 0 Å². The average Bonchev–Trinajstić information content (AvgIpc) is 3.20. The Morgan fingerprint density at radius 1 is 1.07 bits per heavy atom. The predicted octanol–water partition coefficient (Wildman–Crippen LogP) is 4.05. The summed E-state index contributed by atoms with van der Waals surface area (Å²) in [5.41, 5.74) is 4.24. The van der Waals surface area contributed by atoms with E-state index >= 15 is 0 Å². The Balaban J connectivity index is 1.45. The van der Waals surface area contributed by atoms with Crippen molar-refractivity contribution >= 4 is 12.1 Å². The van der Waals surface area contributed by atoms with E-state index in [0.717, 1.165) is 49.3 Å². The molecule has 2 heterocycles. The lowest BCUT2D eigenvalue weighted by Crippen LogP contribution is -2.53. The molecule has 1 atom stereocenters. The van der Waals surface area contributed by atoms with E-state index in [9.17, 15) is 4.79 Å². The summed E-state index contributed by atoms with van der Waals surface area (Å²) in [6, 6.07) is 11.0. The van der Waals surface area contributed by atoms with Crippen LogP contribution in [0.4, 0.5) is 5.69 Å². The fraction of sp³-hybridized carbons (Fsp3) is 0.409. The van der Waals surface area contributed by atoms with E-state index in [0.29, 0.717) is 10.5 Å². The SMILES string of the molecule is C[N+](C=O)(c1ccc(CCn2ccc3ncnc-3c2)cc1)C1CCCCC1. The lowest BCUT2D eigenvalue weighted by atomic mass is 9.92. The summed E-state index contributed by atoms with van der Waals surface area (Å²) in [5, 5.41) is 0. The van der Waals surface area contributed by atoms with Crippen molar-refractivity contribution in [2.24, 2.45) is 0 Å². The van der Waals surface area contributed by atoms with Gasteiger partial charge in [-0.2, -0.15) is 0 Å². The molecule has 0 radical (unpaired) electrons. The fourth-order valence-corrected chi connectivity index (χ4v) is 4.24. The number of benzene rings is 1. The summed E-state index contributed by atoms with van der Waals surface area (Å²) in [7, 11) is 2.06. The highest BCUT2D eigenvalue weighted by Crippen LogP contribution is 2.31. The molecule has 1 fully saturated rings. The number of rotatable bonds is 6. The monoisotopic (exact) mass is 363 g/mol. The van der Waals surface area contributed by atoms with Gasteiger partial charge < -0.3 is 4.57 Å². The Morgan fingerprint density at radius 2 is 1.81 bits per heavy atom. The Morgan fingerprint density at radius 3 is 2.56 bits per heavy atom. The van der Waals surface area contributed by atoms with Crippen LogP contribution in [0.1, 0.15) is 37.7 Å². The topological polar surface area (TPSA) is 47.8 Å². The zero-order valence-corrected chi connectivity index (χ0v) is 15.9. The summed E-state index contributed by atoms with van der Waals surface area (Å²) in [6.45, 7) is 0.893. The van der Waals surface area contributed by atoms with Gasteiger partial charge in [0, 0.05) is 31.8 Å². The molecule has 1 aromatic rings. The minimum absolute atomic E-state index is 0.404. The molecule has 1 saturated carbocycles. The van der Waals surface area contributed by atoms with E-state index in [1.165, 1.54) is 24.8 Å². The predicted molar refractivity (Wildman–Crippen MR) is 107 cm³/mol. The van der Waals surface area contributed by atoms with Gasteiger partial charge in [-0.3, -0.25) is 0 Å². The van der Waals surface area contributed by atoms with Gasteiger partial charge in [-0.1, -0.05) is 18.6 Å². The summed E-state index contributed by atoms with van der Waals surface area (Å²) >= 11 is 0.